The molecule has 1 aliphatic heterocycles. The Kier molecular flexibility index (Phi) is 2.12. The summed E-state index contributed by atoms with van der Waals surface area (Å²) in [5, 5.41) is 1.20. The topological polar surface area (TPSA) is 25.2 Å². The third-order valence-corrected chi connectivity index (χ3v) is 4.87. The molecule has 0 radical (unpaired) electrons. The Bertz CT molecular complexity index is 660. The molecule has 1 amide bonds. The summed E-state index contributed by atoms with van der Waals surface area (Å²) in [6.07, 6.45) is 3.32. The Morgan fingerprint density at radius 3 is 3.00 bits per heavy atom. The van der Waals surface area contributed by atoms with E-state index in [1.807, 2.05) is 23.2 Å². The van der Waals surface area contributed by atoms with E-state index in [-0.39, 0.29) is 5.91 Å². The first-order chi connectivity index (χ1) is 9.16. The molecule has 3 heteroatoms. The van der Waals surface area contributed by atoms with Crippen LogP contribution in [0.1, 0.15) is 13.3 Å². The summed E-state index contributed by atoms with van der Waals surface area (Å²) in [6.45, 7) is 4.69. The molecule has 0 N–H and O–H groups in total. The van der Waals surface area contributed by atoms with Crippen LogP contribution in [0.15, 0.2) is 36.5 Å². The first kappa shape index (κ1) is 11.1. The molecule has 2 heterocycles. The minimum absolute atomic E-state index is 0.259. The van der Waals surface area contributed by atoms with Gasteiger partial charge >= 0.3 is 0 Å². The number of piperidine rings is 1. The summed E-state index contributed by atoms with van der Waals surface area (Å²) in [7, 11) is 0. The predicted molar refractivity (Wildman–Crippen MR) is 74.7 cm³/mol. The standard InChI is InChI=1S/C16H18N2O/c1-16-8-13(16)9-18(11-16)15(19)10-17-7-6-12-4-2-3-5-14(12)17/h2-7,13H,8-11H2,1H3. The molecule has 1 aromatic carbocycles. The SMILES string of the molecule is CC12CC1CN(C(=O)Cn1ccc3ccccc31)C2. The van der Waals surface area contributed by atoms with Gasteiger partial charge in [0.2, 0.25) is 5.91 Å². The van der Waals surface area contributed by atoms with E-state index in [0.717, 1.165) is 24.5 Å². The van der Waals surface area contributed by atoms with Crippen molar-refractivity contribution in [2.75, 3.05) is 13.1 Å². The molecule has 1 saturated heterocycles. The molecule has 3 nitrogen and oxygen atoms in total. The lowest BCUT2D eigenvalue weighted by molar-refractivity contribution is -0.131. The van der Waals surface area contributed by atoms with Crippen LogP contribution in [0.4, 0.5) is 0 Å². The third-order valence-electron chi connectivity index (χ3n) is 4.87. The molecule has 0 spiro atoms. The normalized spacial score (nSPS) is 28.7. The largest absolute Gasteiger partial charge is 0.340 e. The van der Waals surface area contributed by atoms with Crippen LogP contribution in [0.25, 0.3) is 10.9 Å². The summed E-state index contributed by atoms with van der Waals surface area (Å²) in [6, 6.07) is 10.3. The molecule has 1 aromatic heterocycles. The number of nitrogens with zero attached hydrogens (tertiary/aromatic N) is 2. The van der Waals surface area contributed by atoms with Gasteiger partial charge < -0.3 is 9.47 Å². The molecule has 98 valence electrons. The molecule has 1 saturated carbocycles. The number of rotatable bonds is 2. The number of aromatic nitrogens is 1. The lowest BCUT2D eigenvalue weighted by atomic mass is 10.1. The number of fused-ring (bicyclic) bond motifs is 2. The van der Waals surface area contributed by atoms with E-state index in [9.17, 15) is 4.79 Å². The number of para-hydroxylation sites is 1. The minimum Gasteiger partial charge on any atom is -0.340 e. The van der Waals surface area contributed by atoms with Gasteiger partial charge in [0.15, 0.2) is 0 Å². The van der Waals surface area contributed by atoms with E-state index in [1.54, 1.807) is 0 Å². The van der Waals surface area contributed by atoms with E-state index < -0.39 is 0 Å². The second-order valence-corrected chi connectivity index (χ2v) is 6.33. The van der Waals surface area contributed by atoms with Gasteiger partial charge in [-0.3, -0.25) is 4.79 Å². The van der Waals surface area contributed by atoms with E-state index in [4.69, 9.17) is 0 Å². The number of benzene rings is 1. The van der Waals surface area contributed by atoms with Crippen LogP contribution in [0.2, 0.25) is 0 Å². The minimum atomic E-state index is 0.259. The fraction of sp³-hybridized carbons (Fsp3) is 0.438. The van der Waals surface area contributed by atoms with Crippen LogP contribution in [-0.2, 0) is 11.3 Å². The Balaban J connectivity index is 1.54. The van der Waals surface area contributed by atoms with E-state index in [1.165, 1.54) is 11.8 Å². The summed E-state index contributed by atoms with van der Waals surface area (Å²) >= 11 is 0. The molecule has 2 unspecified atom stereocenters. The number of amides is 1. The average Bonchev–Trinajstić information content (AvgIpc) is 2.75. The molecule has 2 atom stereocenters. The van der Waals surface area contributed by atoms with Crippen molar-refractivity contribution in [3.63, 3.8) is 0 Å². The van der Waals surface area contributed by atoms with Crippen molar-refractivity contribution in [1.29, 1.82) is 0 Å². The van der Waals surface area contributed by atoms with E-state index in [2.05, 4.69) is 29.7 Å². The van der Waals surface area contributed by atoms with Crippen molar-refractivity contribution < 1.29 is 4.79 Å². The molecular weight excluding hydrogens is 236 g/mol. The number of hydrogen-bond acceptors (Lipinski definition) is 1. The lowest BCUT2D eigenvalue weighted by Gasteiger charge is -2.20. The quantitative estimate of drug-likeness (QED) is 0.808. The third kappa shape index (κ3) is 1.68. The molecule has 2 aromatic rings. The van der Waals surface area contributed by atoms with Crippen LogP contribution in [0.3, 0.4) is 0 Å². The number of carbonyl (C=O) groups is 1. The molecule has 4 rings (SSSR count). The summed E-state index contributed by atoms with van der Waals surface area (Å²) < 4.78 is 2.06. The highest BCUT2D eigenvalue weighted by Crippen LogP contribution is 2.57. The van der Waals surface area contributed by atoms with Gasteiger partial charge in [-0.15, -0.1) is 0 Å². The van der Waals surface area contributed by atoms with Crippen molar-refractivity contribution in [2.45, 2.75) is 19.9 Å². The Labute approximate surface area is 112 Å². The number of hydrogen-bond donors (Lipinski definition) is 0. The van der Waals surface area contributed by atoms with E-state index >= 15 is 0 Å². The van der Waals surface area contributed by atoms with Crippen molar-refractivity contribution in [3.8, 4) is 0 Å². The highest BCUT2D eigenvalue weighted by Gasteiger charge is 2.57. The first-order valence-corrected chi connectivity index (χ1v) is 6.97. The first-order valence-electron chi connectivity index (χ1n) is 6.97. The number of likely N-dealkylation sites (tertiary alicyclic amines) is 1. The van der Waals surface area contributed by atoms with Gasteiger partial charge in [0.25, 0.3) is 0 Å². The molecule has 1 aliphatic carbocycles. The Morgan fingerprint density at radius 1 is 1.37 bits per heavy atom. The van der Waals surface area contributed by atoms with Gasteiger partial charge in [0.1, 0.15) is 6.54 Å². The van der Waals surface area contributed by atoms with Crippen LogP contribution in [0.5, 0.6) is 0 Å². The molecule has 0 bridgehead atoms. The Morgan fingerprint density at radius 2 is 2.21 bits per heavy atom. The molecule has 2 fully saturated rings. The molecular formula is C16H18N2O. The van der Waals surface area contributed by atoms with Crippen molar-refractivity contribution >= 4 is 16.8 Å². The van der Waals surface area contributed by atoms with Crippen molar-refractivity contribution in [3.05, 3.63) is 36.5 Å². The maximum Gasteiger partial charge on any atom is 0.242 e. The van der Waals surface area contributed by atoms with Crippen LogP contribution >= 0.6 is 0 Å². The average molecular weight is 254 g/mol. The zero-order valence-corrected chi connectivity index (χ0v) is 11.2. The predicted octanol–water partition coefficient (Wildman–Crippen LogP) is 2.51. The summed E-state index contributed by atoms with van der Waals surface area (Å²) in [5.41, 5.74) is 1.58. The van der Waals surface area contributed by atoms with Gasteiger partial charge in [-0.1, -0.05) is 25.1 Å². The molecule has 2 aliphatic rings. The van der Waals surface area contributed by atoms with Crippen LogP contribution in [0, 0.1) is 11.3 Å². The highest BCUT2D eigenvalue weighted by atomic mass is 16.2. The van der Waals surface area contributed by atoms with Crippen molar-refractivity contribution in [1.82, 2.24) is 9.47 Å². The Hall–Kier alpha value is -1.77. The van der Waals surface area contributed by atoms with Gasteiger partial charge in [-0.2, -0.15) is 0 Å². The van der Waals surface area contributed by atoms with Crippen LogP contribution in [-0.4, -0.2) is 28.5 Å². The number of carbonyl (C=O) groups excluding carboxylic acids is 1. The van der Waals surface area contributed by atoms with Crippen molar-refractivity contribution in [2.24, 2.45) is 11.3 Å². The van der Waals surface area contributed by atoms with Gasteiger partial charge in [0.05, 0.1) is 0 Å². The zero-order valence-electron chi connectivity index (χ0n) is 11.2. The molecule has 19 heavy (non-hydrogen) atoms. The van der Waals surface area contributed by atoms with Gasteiger partial charge in [0, 0.05) is 24.8 Å². The lowest BCUT2D eigenvalue weighted by Crippen LogP contribution is -2.34. The highest BCUT2D eigenvalue weighted by molar-refractivity contribution is 5.83. The van der Waals surface area contributed by atoms with Crippen LogP contribution < -0.4 is 0 Å². The summed E-state index contributed by atoms with van der Waals surface area (Å²) in [5.74, 6) is 1.02. The van der Waals surface area contributed by atoms with Gasteiger partial charge in [-0.05, 0) is 35.3 Å². The zero-order chi connectivity index (χ0) is 13.0. The second-order valence-electron chi connectivity index (χ2n) is 6.33. The maximum atomic E-state index is 12.4. The fourth-order valence-corrected chi connectivity index (χ4v) is 3.46. The maximum absolute atomic E-state index is 12.4. The van der Waals surface area contributed by atoms with E-state index in [0.29, 0.717) is 12.0 Å². The monoisotopic (exact) mass is 254 g/mol. The van der Waals surface area contributed by atoms with Gasteiger partial charge in [-0.25, -0.2) is 0 Å². The fourth-order valence-electron chi connectivity index (χ4n) is 3.46. The second kappa shape index (κ2) is 3.62. The smallest absolute Gasteiger partial charge is 0.242 e. The summed E-state index contributed by atoms with van der Waals surface area (Å²) in [4.78, 5) is 14.4.